The molecular formula is C24H18N4. The van der Waals surface area contributed by atoms with Gasteiger partial charge in [-0.05, 0) is 35.7 Å². The lowest BCUT2D eigenvalue weighted by atomic mass is 10.2. The Morgan fingerprint density at radius 1 is 0.571 bits per heavy atom. The van der Waals surface area contributed by atoms with Crippen molar-refractivity contribution in [1.82, 2.24) is 18.8 Å². The summed E-state index contributed by atoms with van der Waals surface area (Å²) in [5.41, 5.74) is 4.24. The van der Waals surface area contributed by atoms with E-state index in [0.29, 0.717) is 0 Å². The summed E-state index contributed by atoms with van der Waals surface area (Å²) in [5.74, 6) is 0. The Kier molecular flexibility index (Phi) is 3.26. The highest BCUT2D eigenvalue weighted by Crippen LogP contribution is 2.22. The summed E-state index contributed by atoms with van der Waals surface area (Å²) < 4.78 is 4.24. The van der Waals surface area contributed by atoms with E-state index in [1.54, 1.807) is 0 Å². The minimum atomic E-state index is 0.873. The molecule has 0 unspecified atom stereocenters. The van der Waals surface area contributed by atoms with Crippen molar-refractivity contribution in [3.63, 3.8) is 0 Å². The maximum absolute atomic E-state index is 4.89. The third-order valence-corrected chi connectivity index (χ3v) is 5.43. The number of hydrogen-bond acceptors (Lipinski definition) is 2. The topological polar surface area (TPSA) is 34.6 Å². The van der Waals surface area contributed by atoms with Gasteiger partial charge in [0.15, 0.2) is 0 Å². The van der Waals surface area contributed by atoms with Gasteiger partial charge in [0.05, 0.1) is 11.4 Å². The van der Waals surface area contributed by atoms with E-state index in [2.05, 4.69) is 94.3 Å². The zero-order valence-corrected chi connectivity index (χ0v) is 15.3. The van der Waals surface area contributed by atoms with Crippen LogP contribution in [0.4, 0.5) is 0 Å². The van der Waals surface area contributed by atoms with Crippen LogP contribution in [-0.2, 0) is 12.8 Å². The summed E-state index contributed by atoms with van der Waals surface area (Å²) in [4.78, 5) is 9.78. The minimum Gasteiger partial charge on any atom is -0.306 e. The molecule has 0 spiro atoms. The van der Waals surface area contributed by atoms with Crippen LogP contribution in [0.5, 0.6) is 0 Å². The third-order valence-electron chi connectivity index (χ3n) is 5.43. The molecule has 0 atom stereocenters. The molecule has 4 heteroatoms. The first-order valence-electron chi connectivity index (χ1n) is 9.56. The predicted molar refractivity (Wildman–Crippen MR) is 113 cm³/mol. The van der Waals surface area contributed by atoms with Gasteiger partial charge in [0, 0.05) is 35.6 Å². The number of imidazole rings is 2. The van der Waals surface area contributed by atoms with E-state index in [-0.39, 0.29) is 0 Å². The molecule has 4 aromatic heterocycles. The molecule has 0 saturated heterocycles. The van der Waals surface area contributed by atoms with Crippen molar-refractivity contribution in [3.05, 3.63) is 96.8 Å². The maximum atomic E-state index is 4.89. The van der Waals surface area contributed by atoms with Crippen LogP contribution in [-0.4, -0.2) is 18.8 Å². The molecule has 0 saturated carbocycles. The molecule has 0 amide bonds. The normalized spacial score (nSPS) is 11.9. The first kappa shape index (κ1) is 15.4. The Bertz CT molecular complexity index is 1360. The number of rotatable bonds is 3. The second kappa shape index (κ2) is 5.92. The van der Waals surface area contributed by atoms with E-state index in [4.69, 9.17) is 9.97 Å². The van der Waals surface area contributed by atoms with Crippen LogP contribution in [0.1, 0.15) is 11.4 Å². The Labute approximate surface area is 161 Å². The van der Waals surface area contributed by atoms with Crippen molar-refractivity contribution in [2.45, 2.75) is 12.8 Å². The molecule has 0 bridgehead atoms. The second-order valence-electron chi connectivity index (χ2n) is 7.23. The first-order chi connectivity index (χ1) is 13.8. The van der Waals surface area contributed by atoms with Gasteiger partial charge in [-0.15, -0.1) is 0 Å². The molecule has 4 heterocycles. The van der Waals surface area contributed by atoms with E-state index >= 15 is 0 Å². The molecule has 4 nitrogen and oxygen atoms in total. The summed E-state index contributed by atoms with van der Waals surface area (Å²) in [5, 5.41) is 4.82. The van der Waals surface area contributed by atoms with Gasteiger partial charge in [-0.1, -0.05) is 48.5 Å². The summed E-state index contributed by atoms with van der Waals surface area (Å²) in [6, 6.07) is 21.1. The molecular weight excluding hydrogens is 344 g/mol. The zero-order valence-electron chi connectivity index (χ0n) is 15.3. The molecule has 134 valence electrons. The Balaban J connectivity index is 1.34. The van der Waals surface area contributed by atoms with Crippen molar-refractivity contribution in [2.75, 3.05) is 0 Å². The lowest BCUT2D eigenvalue weighted by Crippen LogP contribution is -1.91. The first-order valence-corrected chi connectivity index (χ1v) is 9.56. The Morgan fingerprint density at radius 3 is 1.54 bits per heavy atom. The van der Waals surface area contributed by atoms with Crippen LogP contribution < -0.4 is 0 Å². The van der Waals surface area contributed by atoms with Gasteiger partial charge in [-0.25, -0.2) is 9.97 Å². The Morgan fingerprint density at radius 2 is 1.04 bits per heavy atom. The molecule has 6 aromatic rings. The number of fused-ring (bicyclic) bond motifs is 6. The van der Waals surface area contributed by atoms with Crippen molar-refractivity contribution in [1.29, 1.82) is 0 Å². The number of benzene rings is 2. The van der Waals surface area contributed by atoms with Gasteiger partial charge in [0.2, 0.25) is 0 Å². The van der Waals surface area contributed by atoms with Crippen LogP contribution in [0, 0.1) is 0 Å². The Hall–Kier alpha value is -3.66. The van der Waals surface area contributed by atoms with Crippen LogP contribution in [0.2, 0.25) is 0 Å². The average Bonchev–Trinajstić information content (AvgIpc) is 3.36. The molecule has 6 rings (SSSR count). The maximum Gasteiger partial charge on any atom is 0.144 e. The van der Waals surface area contributed by atoms with Gasteiger partial charge in [-0.3, -0.25) is 0 Å². The predicted octanol–water partition coefficient (Wildman–Crippen LogP) is 5.07. The monoisotopic (exact) mass is 362 g/mol. The quantitative estimate of drug-likeness (QED) is 0.440. The van der Waals surface area contributed by atoms with Crippen molar-refractivity contribution >= 4 is 32.8 Å². The largest absolute Gasteiger partial charge is 0.306 e. The van der Waals surface area contributed by atoms with E-state index in [1.165, 1.54) is 21.5 Å². The smallest absolute Gasteiger partial charge is 0.144 e. The van der Waals surface area contributed by atoms with Crippen molar-refractivity contribution in [2.24, 2.45) is 0 Å². The molecule has 2 aromatic carbocycles. The van der Waals surface area contributed by atoms with E-state index in [1.807, 2.05) is 0 Å². The molecule has 0 aliphatic rings. The van der Waals surface area contributed by atoms with Gasteiger partial charge in [0.1, 0.15) is 11.3 Å². The highest BCUT2D eigenvalue weighted by Gasteiger charge is 2.09. The molecule has 0 aliphatic carbocycles. The lowest BCUT2D eigenvalue weighted by molar-refractivity contribution is 0.901. The minimum absolute atomic E-state index is 0.873. The highest BCUT2D eigenvalue weighted by atomic mass is 15.0. The standard InChI is InChI=1S/C24H18N4/c1-3-7-21-17(5-1)11-13-27-15-19(25-23(21)27)9-10-20-16-28-14-12-18-6-2-4-8-22(18)24(28)26-20/h1-8,11-16H,9-10H2. The second-order valence-corrected chi connectivity index (χ2v) is 7.23. The molecule has 0 N–H and O–H groups in total. The SMILES string of the molecule is c1ccc2c(c1)ccn1cc(CCc3cn4ccc5ccccc5c4n3)nc21. The van der Waals surface area contributed by atoms with E-state index in [9.17, 15) is 0 Å². The lowest BCUT2D eigenvalue weighted by Gasteiger charge is -1.98. The van der Waals surface area contributed by atoms with Crippen molar-refractivity contribution < 1.29 is 0 Å². The van der Waals surface area contributed by atoms with Crippen LogP contribution in [0.25, 0.3) is 32.8 Å². The summed E-state index contributed by atoms with van der Waals surface area (Å²) >= 11 is 0. The van der Waals surface area contributed by atoms with Gasteiger partial charge >= 0.3 is 0 Å². The fourth-order valence-corrected chi connectivity index (χ4v) is 4.02. The van der Waals surface area contributed by atoms with Gasteiger partial charge in [0.25, 0.3) is 0 Å². The van der Waals surface area contributed by atoms with E-state index in [0.717, 1.165) is 35.5 Å². The third kappa shape index (κ3) is 2.38. The number of aryl methyl sites for hydroxylation is 2. The van der Waals surface area contributed by atoms with Crippen LogP contribution in [0.3, 0.4) is 0 Å². The number of hydrogen-bond donors (Lipinski definition) is 0. The summed E-state index contributed by atoms with van der Waals surface area (Å²) in [6.45, 7) is 0. The number of aromatic nitrogens is 4. The fourth-order valence-electron chi connectivity index (χ4n) is 4.02. The molecule has 28 heavy (non-hydrogen) atoms. The van der Waals surface area contributed by atoms with Crippen molar-refractivity contribution in [3.8, 4) is 0 Å². The molecule has 0 radical (unpaired) electrons. The van der Waals surface area contributed by atoms with E-state index < -0.39 is 0 Å². The highest BCUT2D eigenvalue weighted by molar-refractivity contribution is 5.94. The van der Waals surface area contributed by atoms with Crippen LogP contribution in [0.15, 0.2) is 85.5 Å². The summed E-state index contributed by atoms with van der Waals surface area (Å²) in [7, 11) is 0. The zero-order chi connectivity index (χ0) is 18.5. The fraction of sp³-hybridized carbons (Fsp3) is 0.0833. The van der Waals surface area contributed by atoms with Gasteiger partial charge in [-0.2, -0.15) is 0 Å². The van der Waals surface area contributed by atoms with Gasteiger partial charge < -0.3 is 8.80 Å². The number of nitrogens with zero attached hydrogens (tertiary/aromatic N) is 4. The molecule has 0 aliphatic heterocycles. The molecule has 0 fully saturated rings. The summed E-state index contributed by atoms with van der Waals surface area (Å²) in [6.07, 6.45) is 10.2. The van der Waals surface area contributed by atoms with Crippen LogP contribution >= 0.6 is 0 Å². The average molecular weight is 362 g/mol. The number of pyridine rings is 2.